The van der Waals surface area contributed by atoms with Crippen LogP contribution in [0.5, 0.6) is 11.5 Å². The molecule has 0 aliphatic carbocycles. The Morgan fingerprint density at radius 1 is 1.03 bits per heavy atom. The number of hydrogen-bond donors (Lipinski definition) is 2. The highest BCUT2D eigenvalue weighted by molar-refractivity contribution is 5.98. The Kier molecular flexibility index (Phi) is 6.52. The van der Waals surface area contributed by atoms with Crippen LogP contribution in [0.15, 0.2) is 60.7 Å². The van der Waals surface area contributed by atoms with Gasteiger partial charge in [-0.25, -0.2) is 0 Å². The van der Waals surface area contributed by atoms with Crippen molar-refractivity contribution in [1.29, 1.82) is 0 Å². The zero-order chi connectivity index (χ0) is 27.0. The molecule has 1 amide bonds. The van der Waals surface area contributed by atoms with E-state index >= 15 is 0 Å². The lowest BCUT2D eigenvalue weighted by Crippen LogP contribution is -2.44. The number of nitrogens with one attached hydrogen (secondary N) is 1. The van der Waals surface area contributed by atoms with Crippen molar-refractivity contribution in [1.82, 2.24) is 0 Å². The second kappa shape index (κ2) is 9.81. The summed E-state index contributed by atoms with van der Waals surface area (Å²) in [5, 5.41) is 3.15. The molecule has 3 aromatic carbocycles. The van der Waals surface area contributed by atoms with E-state index in [-0.39, 0.29) is 31.1 Å². The number of benzene rings is 3. The van der Waals surface area contributed by atoms with E-state index in [2.05, 4.69) is 5.32 Å². The number of carbonyl (C=O) groups excluding carboxylic acids is 2. The summed E-state index contributed by atoms with van der Waals surface area (Å²) in [6.07, 6.45) is -5.64. The Morgan fingerprint density at radius 2 is 1.79 bits per heavy atom. The van der Waals surface area contributed by atoms with E-state index in [1.165, 1.54) is 18.2 Å². The maximum atomic E-state index is 13.8. The molecule has 0 spiro atoms. The smallest absolute Gasteiger partial charge is 0.471 e. The van der Waals surface area contributed by atoms with Gasteiger partial charge in [-0.1, -0.05) is 31.2 Å². The molecule has 198 valence electrons. The molecule has 1 unspecified atom stereocenters. The zero-order valence-corrected chi connectivity index (χ0v) is 20.2. The standard InChI is InChI=1S/C27H24F3N3O5/c1-2-24(34)38-23-14-36-22-12-15(10-11-17(22)23)33(26(35)27(28,29)30)21-13-37-25-16(21)6-5-9-20(25)32-19-8-4-3-7-18(19)31/h3-12,21,23,32H,2,13-14,31H2,1H3/t21?,23-/m1/s1. The lowest BCUT2D eigenvalue weighted by Gasteiger charge is -2.29. The lowest BCUT2D eigenvalue weighted by molar-refractivity contribution is -0.171. The first-order valence-electron chi connectivity index (χ1n) is 11.9. The van der Waals surface area contributed by atoms with Gasteiger partial charge in [0.05, 0.1) is 23.1 Å². The SMILES string of the molecule is CCC(=O)O[C@@H]1COc2cc(N(C(=O)C(F)(F)F)C3COc4c(Nc5ccccc5N)cccc43)ccc21. The minimum atomic E-state index is -5.14. The van der Waals surface area contributed by atoms with Gasteiger partial charge in [-0.2, -0.15) is 13.2 Å². The molecular weight excluding hydrogens is 503 g/mol. The molecule has 0 radical (unpaired) electrons. The first-order valence-corrected chi connectivity index (χ1v) is 11.9. The molecule has 0 saturated carbocycles. The number of amides is 1. The number of nitrogen functional groups attached to an aromatic ring is 1. The third-order valence-corrected chi connectivity index (χ3v) is 6.37. The topological polar surface area (TPSA) is 103 Å². The van der Waals surface area contributed by atoms with Crippen LogP contribution in [0.1, 0.15) is 36.6 Å². The number of rotatable bonds is 6. The predicted molar refractivity (Wildman–Crippen MR) is 133 cm³/mol. The van der Waals surface area contributed by atoms with Crippen LogP contribution >= 0.6 is 0 Å². The predicted octanol–water partition coefficient (Wildman–Crippen LogP) is 5.43. The number of ether oxygens (including phenoxy) is 3. The maximum absolute atomic E-state index is 13.8. The van der Waals surface area contributed by atoms with Crippen LogP contribution in [0, 0.1) is 0 Å². The summed E-state index contributed by atoms with van der Waals surface area (Å²) in [5.41, 5.74) is 8.50. The number of alkyl halides is 3. The van der Waals surface area contributed by atoms with Crippen LogP contribution in [-0.2, 0) is 14.3 Å². The maximum Gasteiger partial charge on any atom is 0.471 e. The highest BCUT2D eigenvalue weighted by atomic mass is 19.4. The highest BCUT2D eigenvalue weighted by Crippen LogP contribution is 2.46. The molecule has 0 aromatic heterocycles. The first kappa shape index (κ1) is 25.2. The van der Waals surface area contributed by atoms with Crippen LogP contribution in [0.2, 0.25) is 0 Å². The van der Waals surface area contributed by atoms with Gasteiger partial charge in [-0.15, -0.1) is 0 Å². The molecule has 8 nitrogen and oxygen atoms in total. The summed E-state index contributed by atoms with van der Waals surface area (Å²) in [5.74, 6) is -1.91. The fourth-order valence-electron chi connectivity index (χ4n) is 4.53. The van der Waals surface area contributed by atoms with Gasteiger partial charge in [-0.3, -0.25) is 14.5 Å². The van der Waals surface area contributed by atoms with Crippen molar-refractivity contribution in [3.63, 3.8) is 0 Å². The number of hydrogen-bond acceptors (Lipinski definition) is 7. The van der Waals surface area contributed by atoms with Gasteiger partial charge >= 0.3 is 18.1 Å². The Balaban J connectivity index is 1.51. The van der Waals surface area contributed by atoms with E-state index in [0.717, 1.165) is 0 Å². The van der Waals surface area contributed by atoms with E-state index < -0.39 is 30.2 Å². The van der Waals surface area contributed by atoms with Crippen LogP contribution < -0.4 is 25.4 Å². The number of nitrogens with zero attached hydrogens (tertiary/aromatic N) is 1. The average Bonchev–Trinajstić information content (AvgIpc) is 3.50. The molecule has 2 atom stereocenters. The van der Waals surface area contributed by atoms with E-state index in [9.17, 15) is 22.8 Å². The summed E-state index contributed by atoms with van der Waals surface area (Å²) >= 11 is 0. The molecule has 2 aliphatic heterocycles. The Bertz CT molecular complexity index is 1390. The fraction of sp³-hybridized carbons (Fsp3) is 0.259. The summed E-state index contributed by atoms with van der Waals surface area (Å²) in [6.45, 7) is 1.49. The van der Waals surface area contributed by atoms with Crippen LogP contribution in [0.3, 0.4) is 0 Å². The van der Waals surface area contributed by atoms with E-state index in [0.29, 0.717) is 38.8 Å². The van der Waals surface area contributed by atoms with Crippen molar-refractivity contribution in [3.05, 3.63) is 71.8 Å². The van der Waals surface area contributed by atoms with Crippen molar-refractivity contribution in [2.24, 2.45) is 0 Å². The number of carbonyl (C=O) groups is 2. The van der Waals surface area contributed by atoms with Crippen molar-refractivity contribution < 1.29 is 37.0 Å². The minimum absolute atomic E-state index is 0.0272. The number of halogens is 3. The van der Waals surface area contributed by atoms with Crippen molar-refractivity contribution in [2.75, 3.05) is 29.2 Å². The molecule has 5 rings (SSSR count). The van der Waals surface area contributed by atoms with Crippen molar-refractivity contribution in [3.8, 4) is 11.5 Å². The van der Waals surface area contributed by atoms with E-state index in [1.807, 2.05) is 0 Å². The molecule has 3 aromatic rings. The van der Waals surface area contributed by atoms with Crippen molar-refractivity contribution in [2.45, 2.75) is 31.7 Å². The summed E-state index contributed by atoms with van der Waals surface area (Å²) in [4.78, 5) is 25.1. The molecular formula is C27H24F3N3O5. The van der Waals surface area contributed by atoms with E-state index in [4.69, 9.17) is 19.9 Å². The Labute approximate surface area is 216 Å². The summed E-state index contributed by atoms with van der Waals surface area (Å²) in [6, 6.07) is 15.2. The molecule has 0 fully saturated rings. The molecule has 38 heavy (non-hydrogen) atoms. The van der Waals surface area contributed by atoms with Gasteiger partial charge in [0, 0.05) is 29.3 Å². The molecule has 3 N–H and O–H groups in total. The van der Waals surface area contributed by atoms with Crippen LogP contribution in [0.25, 0.3) is 0 Å². The van der Waals surface area contributed by atoms with Gasteiger partial charge < -0.3 is 25.3 Å². The number of fused-ring (bicyclic) bond motifs is 2. The summed E-state index contributed by atoms with van der Waals surface area (Å²) in [7, 11) is 0. The van der Waals surface area contributed by atoms with Gasteiger partial charge in [-0.05, 0) is 30.3 Å². The van der Waals surface area contributed by atoms with Crippen LogP contribution in [0.4, 0.5) is 35.9 Å². The molecule has 0 bridgehead atoms. The average molecular weight is 527 g/mol. The Hall–Kier alpha value is -4.41. The third kappa shape index (κ3) is 4.67. The van der Waals surface area contributed by atoms with Gasteiger partial charge in [0.2, 0.25) is 0 Å². The van der Waals surface area contributed by atoms with E-state index in [1.54, 1.807) is 49.4 Å². The molecule has 0 saturated heterocycles. The minimum Gasteiger partial charge on any atom is -0.489 e. The zero-order valence-electron chi connectivity index (χ0n) is 20.2. The second-order valence-corrected chi connectivity index (χ2v) is 8.80. The van der Waals surface area contributed by atoms with Crippen molar-refractivity contribution >= 4 is 34.6 Å². The monoisotopic (exact) mass is 527 g/mol. The first-order chi connectivity index (χ1) is 18.2. The highest BCUT2D eigenvalue weighted by Gasteiger charge is 2.48. The molecule has 2 heterocycles. The lowest BCUT2D eigenvalue weighted by atomic mass is 10.0. The van der Waals surface area contributed by atoms with Crippen LogP contribution in [-0.4, -0.2) is 31.3 Å². The quantitative estimate of drug-likeness (QED) is 0.326. The second-order valence-electron chi connectivity index (χ2n) is 8.80. The number of anilines is 4. The largest absolute Gasteiger partial charge is 0.489 e. The number of nitrogens with two attached hydrogens (primary N) is 1. The molecule has 2 aliphatic rings. The van der Waals surface area contributed by atoms with Gasteiger partial charge in [0.15, 0.2) is 6.10 Å². The normalized spacial score (nSPS) is 17.6. The van der Waals surface area contributed by atoms with Gasteiger partial charge in [0.25, 0.3) is 0 Å². The molecule has 11 heteroatoms. The third-order valence-electron chi connectivity index (χ3n) is 6.37. The Morgan fingerprint density at radius 3 is 2.53 bits per heavy atom. The number of esters is 1. The number of para-hydroxylation sites is 3. The summed E-state index contributed by atoms with van der Waals surface area (Å²) < 4.78 is 58.2. The fourth-order valence-corrected chi connectivity index (χ4v) is 4.53. The van der Waals surface area contributed by atoms with Gasteiger partial charge in [0.1, 0.15) is 24.7 Å².